The van der Waals surface area contributed by atoms with Gasteiger partial charge in [0.2, 0.25) is 0 Å². The molecule has 1 N–H and O–H groups in total. The van der Waals surface area contributed by atoms with Crippen LogP contribution < -0.4 is 5.32 Å². The van der Waals surface area contributed by atoms with Crippen molar-refractivity contribution >= 4 is 11.3 Å². The van der Waals surface area contributed by atoms with Gasteiger partial charge in [0.05, 0.1) is 10.7 Å². The van der Waals surface area contributed by atoms with E-state index in [0.717, 1.165) is 12.5 Å². The Morgan fingerprint density at radius 3 is 2.73 bits per heavy atom. The number of aromatic nitrogens is 1. The quantitative estimate of drug-likeness (QED) is 0.850. The predicted octanol–water partition coefficient (Wildman–Crippen LogP) is 2.94. The molecule has 2 rings (SSSR count). The second kappa shape index (κ2) is 4.22. The summed E-state index contributed by atoms with van der Waals surface area (Å²) in [6, 6.07) is 0. The Morgan fingerprint density at radius 2 is 2.20 bits per heavy atom. The highest BCUT2D eigenvalue weighted by Crippen LogP contribution is 2.28. The molecule has 1 aliphatic carbocycles. The third kappa shape index (κ3) is 3.28. The van der Waals surface area contributed by atoms with Gasteiger partial charge in [-0.25, -0.2) is 4.98 Å². The fourth-order valence-electron chi connectivity index (χ4n) is 1.46. The lowest BCUT2D eigenvalue weighted by Gasteiger charge is -2.13. The van der Waals surface area contributed by atoms with Gasteiger partial charge in [-0.3, -0.25) is 0 Å². The maximum Gasteiger partial charge on any atom is 0.0982 e. The molecular formula is C12H20N2S. The van der Waals surface area contributed by atoms with Crippen molar-refractivity contribution in [3.8, 4) is 0 Å². The molecule has 1 aromatic heterocycles. The van der Waals surface area contributed by atoms with Gasteiger partial charge in [0.15, 0.2) is 0 Å². The van der Waals surface area contributed by atoms with Crippen LogP contribution in [0.4, 0.5) is 0 Å². The standard InChI is InChI=1S/C12H20N2S/c1-12(2,3)11-14-10(8-15-11)7-13-6-9-4-5-9/h8-9,13H,4-7H2,1-3H3. The lowest BCUT2D eigenvalue weighted by atomic mass is 9.98. The summed E-state index contributed by atoms with van der Waals surface area (Å²) >= 11 is 1.78. The summed E-state index contributed by atoms with van der Waals surface area (Å²) in [6.45, 7) is 8.75. The molecule has 0 unspecified atom stereocenters. The van der Waals surface area contributed by atoms with E-state index >= 15 is 0 Å². The highest BCUT2D eigenvalue weighted by molar-refractivity contribution is 7.09. The summed E-state index contributed by atoms with van der Waals surface area (Å²) in [7, 11) is 0. The van der Waals surface area contributed by atoms with Crippen LogP contribution in [0.15, 0.2) is 5.38 Å². The number of hydrogen-bond acceptors (Lipinski definition) is 3. The lowest BCUT2D eigenvalue weighted by Crippen LogP contribution is -2.17. The van der Waals surface area contributed by atoms with Crippen LogP contribution in [0.25, 0.3) is 0 Å². The largest absolute Gasteiger partial charge is 0.311 e. The van der Waals surface area contributed by atoms with Gasteiger partial charge in [0.25, 0.3) is 0 Å². The van der Waals surface area contributed by atoms with Crippen LogP contribution in [0.5, 0.6) is 0 Å². The van der Waals surface area contributed by atoms with Crippen LogP contribution in [0.3, 0.4) is 0 Å². The van der Waals surface area contributed by atoms with E-state index in [1.54, 1.807) is 11.3 Å². The molecule has 0 aliphatic heterocycles. The summed E-state index contributed by atoms with van der Waals surface area (Å²) in [6.07, 6.45) is 2.83. The first-order valence-electron chi connectivity index (χ1n) is 5.71. The van der Waals surface area contributed by atoms with Gasteiger partial charge in [-0.2, -0.15) is 0 Å². The van der Waals surface area contributed by atoms with E-state index in [-0.39, 0.29) is 5.41 Å². The molecule has 84 valence electrons. The van der Waals surface area contributed by atoms with Crippen molar-refractivity contribution in [3.63, 3.8) is 0 Å². The van der Waals surface area contributed by atoms with E-state index in [1.807, 2.05) is 0 Å². The molecule has 0 saturated heterocycles. The minimum Gasteiger partial charge on any atom is -0.311 e. The van der Waals surface area contributed by atoms with Crippen molar-refractivity contribution < 1.29 is 0 Å². The van der Waals surface area contributed by atoms with Crippen molar-refractivity contribution in [1.82, 2.24) is 10.3 Å². The summed E-state index contributed by atoms with van der Waals surface area (Å²) in [4.78, 5) is 4.65. The van der Waals surface area contributed by atoms with E-state index in [1.165, 1.54) is 30.1 Å². The third-order valence-corrected chi connectivity index (χ3v) is 3.95. The summed E-state index contributed by atoms with van der Waals surface area (Å²) < 4.78 is 0. The molecule has 0 aromatic carbocycles. The predicted molar refractivity (Wildman–Crippen MR) is 65.2 cm³/mol. The number of nitrogens with one attached hydrogen (secondary N) is 1. The maximum atomic E-state index is 4.65. The van der Waals surface area contributed by atoms with Gasteiger partial charge in [-0.1, -0.05) is 20.8 Å². The van der Waals surface area contributed by atoms with Crippen LogP contribution in [0.1, 0.15) is 44.3 Å². The van der Waals surface area contributed by atoms with E-state index in [2.05, 4.69) is 36.5 Å². The van der Waals surface area contributed by atoms with Gasteiger partial charge >= 0.3 is 0 Å². The second-order valence-electron chi connectivity index (χ2n) is 5.47. The zero-order valence-electron chi connectivity index (χ0n) is 9.84. The monoisotopic (exact) mass is 224 g/mol. The minimum absolute atomic E-state index is 0.194. The van der Waals surface area contributed by atoms with Crippen molar-refractivity contribution in [2.24, 2.45) is 5.92 Å². The van der Waals surface area contributed by atoms with E-state index in [4.69, 9.17) is 0 Å². The molecule has 2 nitrogen and oxygen atoms in total. The molecule has 1 aromatic rings. The number of thiazole rings is 1. The molecular weight excluding hydrogens is 204 g/mol. The Labute approximate surface area is 96.1 Å². The van der Waals surface area contributed by atoms with Crippen LogP contribution in [-0.4, -0.2) is 11.5 Å². The van der Waals surface area contributed by atoms with Crippen molar-refractivity contribution in [3.05, 3.63) is 16.1 Å². The number of hydrogen-bond donors (Lipinski definition) is 1. The Bertz CT molecular complexity index is 321. The highest BCUT2D eigenvalue weighted by atomic mass is 32.1. The molecule has 0 amide bonds. The van der Waals surface area contributed by atoms with Crippen LogP contribution in [0.2, 0.25) is 0 Å². The second-order valence-corrected chi connectivity index (χ2v) is 6.33. The van der Waals surface area contributed by atoms with Gasteiger partial charge in [-0.05, 0) is 25.3 Å². The molecule has 1 saturated carbocycles. The van der Waals surface area contributed by atoms with E-state index < -0.39 is 0 Å². The first kappa shape index (κ1) is 11.1. The number of nitrogens with zero attached hydrogens (tertiary/aromatic N) is 1. The average molecular weight is 224 g/mol. The molecule has 0 atom stereocenters. The maximum absolute atomic E-state index is 4.65. The minimum atomic E-state index is 0.194. The fraction of sp³-hybridized carbons (Fsp3) is 0.750. The molecule has 15 heavy (non-hydrogen) atoms. The molecule has 0 radical (unpaired) electrons. The fourth-order valence-corrected chi connectivity index (χ4v) is 2.37. The van der Waals surface area contributed by atoms with Gasteiger partial charge in [0.1, 0.15) is 0 Å². The summed E-state index contributed by atoms with van der Waals surface area (Å²) in [5.74, 6) is 0.950. The highest BCUT2D eigenvalue weighted by Gasteiger charge is 2.21. The Kier molecular flexibility index (Phi) is 3.12. The molecule has 0 spiro atoms. The molecule has 0 bridgehead atoms. The summed E-state index contributed by atoms with van der Waals surface area (Å²) in [5, 5.41) is 6.89. The topological polar surface area (TPSA) is 24.9 Å². The normalized spacial score (nSPS) is 17.0. The summed E-state index contributed by atoms with van der Waals surface area (Å²) in [5.41, 5.74) is 1.39. The number of rotatable bonds is 4. The van der Waals surface area contributed by atoms with Gasteiger partial charge in [-0.15, -0.1) is 11.3 Å². The SMILES string of the molecule is CC(C)(C)c1nc(CNCC2CC2)cs1. The Morgan fingerprint density at radius 1 is 1.47 bits per heavy atom. The van der Waals surface area contributed by atoms with Crippen molar-refractivity contribution in [2.75, 3.05) is 6.54 Å². The molecule has 1 heterocycles. The Hall–Kier alpha value is -0.410. The first-order chi connectivity index (χ1) is 7.05. The Balaban J connectivity index is 1.83. The smallest absolute Gasteiger partial charge is 0.0982 e. The van der Waals surface area contributed by atoms with Gasteiger partial charge in [0, 0.05) is 17.3 Å². The first-order valence-corrected chi connectivity index (χ1v) is 6.59. The molecule has 3 heteroatoms. The molecule has 1 aliphatic rings. The van der Waals surface area contributed by atoms with Gasteiger partial charge < -0.3 is 5.32 Å². The van der Waals surface area contributed by atoms with Crippen LogP contribution >= 0.6 is 11.3 Å². The van der Waals surface area contributed by atoms with Crippen molar-refractivity contribution in [1.29, 1.82) is 0 Å². The zero-order valence-corrected chi connectivity index (χ0v) is 10.7. The lowest BCUT2D eigenvalue weighted by molar-refractivity contribution is 0.577. The van der Waals surface area contributed by atoms with E-state index in [9.17, 15) is 0 Å². The zero-order chi connectivity index (χ0) is 10.9. The molecule has 1 fully saturated rings. The van der Waals surface area contributed by atoms with Crippen LogP contribution in [0, 0.1) is 5.92 Å². The van der Waals surface area contributed by atoms with E-state index in [0.29, 0.717) is 0 Å². The van der Waals surface area contributed by atoms with Crippen LogP contribution in [-0.2, 0) is 12.0 Å². The third-order valence-electron chi connectivity index (χ3n) is 2.63. The average Bonchev–Trinajstić information content (AvgIpc) is 2.80. The van der Waals surface area contributed by atoms with Crippen molar-refractivity contribution in [2.45, 2.75) is 45.6 Å².